The van der Waals surface area contributed by atoms with Gasteiger partial charge in [0.1, 0.15) is 6.29 Å². The van der Waals surface area contributed by atoms with Gasteiger partial charge in [0.2, 0.25) is 5.91 Å². The van der Waals surface area contributed by atoms with E-state index in [1.165, 1.54) is 6.07 Å². The molecule has 1 aliphatic rings. The Bertz CT molecular complexity index is 619. The fourth-order valence-electron chi connectivity index (χ4n) is 3.25. The van der Waals surface area contributed by atoms with Crippen molar-refractivity contribution in [3.63, 3.8) is 0 Å². The molecule has 0 aliphatic carbocycles. The fourth-order valence-corrected chi connectivity index (χ4v) is 3.25. The third-order valence-corrected chi connectivity index (χ3v) is 4.64. The van der Waals surface area contributed by atoms with Gasteiger partial charge in [-0.15, -0.1) is 0 Å². The van der Waals surface area contributed by atoms with Crippen LogP contribution in [-0.4, -0.2) is 45.8 Å². The van der Waals surface area contributed by atoms with E-state index in [1.54, 1.807) is 23.1 Å². The average Bonchev–Trinajstić information content (AvgIpc) is 3.08. The number of amides is 1. The highest BCUT2D eigenvalue weighted by Crippen LogP contribution is 2.21. The first kappa shape index (κ1) is 19.1. The van der Waals surface area contributed by atoms with Crippen LogP contribution < -0.4 is 0 Å². The van der Waals surface area contributed by atoms with Crippen molar-refractivity contribution in [3.8, 4) is 0 Å². The number of benzene rings is 1. The van der Waals surface area contributed by atoms with Crippen molar-refractivity contribution >= 4 is 17.9 Å². The van der Waals surface area contributed by atoms with Crippen molar-refractivity contribution in [2.24, 2.45) is 0 Å². The van der Waals surface area contributed by atoms with Gasteiger partial charge in [0.25, 0.3) is 5.69 Å². The fraction of sp³-hybridized carbons (Fsp3) is 0.556. The minimum atomic E-state index is -0.621. The van der Waals surface area contributed by atoms with Gasteiger partial charge in [0.15, 0.2) is 0 Å². The zero-order valence-corrected chi connectivity index (χ0v) is 14.2. The van der Waals surface area contributed by atoms with E-state index in [2.05, 4.69) is 0 Å². The van der Waals surface area contributed by atoms with Crippen molar-refractivity contribution in [2.75, 3.05) is 6.54 Å². The molecule has 2 rings (SSSR count). The first-order valence-electron chi connectivity index (χ1n) is 8.68. The molecule has 0 bridgehead atoms. The second kappa shape index (κ2) is 9.27. The molecule has 0 saturated carbocycles. The molecule has 0 aromatic heterocycles. The number of carbonyl (C=O) groups excluding carboxylic acids is 2. The molecule has 7 heteroatoms. The van der Waals surface area contributed by atoms with E-state index in [0.717, 1.165) is 12.7 Å². The van der Waals surface area contributed by atoms with Gasteiger partial charge in [-0.25, -0.2) is 0 Å². The lowest BCUT2D eigenvalue weighted by molar-refractivity contribution is -0.385. The smallest absolute Gasteiger partial charge is 0.272 e. The van der Waals surface area contributed by atoms with E-state index < -0.39 is 11.0 Å². The van der Waals surface area contributed by atoms with Gasteiger partial charge >= 0.3 is 0 Å². The quantitative estimate of drug-likeness (QED) is 0.419. The number of nitro groups is 1. The summed E-state index contributed by atoms with van der Waals surface area (Å²) in [7, 11) is 0. The van der Waals surface area contributed by atoms with Crippen LogP contribution in [-0.2, 0) is 16.0 Å². The number of carbonyl (C=O) groups is 2. The number of hydrogen-bond acceptors (Lipinski definition) is 5. The number of aldehydes is 1. The van der Waals surface area contributed by atoms with Crippen LogP contribution >= 0.6 is 0 Å². The highest BCUT2D eigenvalue weighted by molar-refractivity contribution is 5.80. The molecule has 0 spiro atoms. The molecule has 25 heavy (non-hydrogen) atoms. The monoisotopic (exact) mass is 348 g/mol. The molecule has 7 nitrogen and oxygen atoms in total. The van der Waals surface area contributed by atoms with Crippen LogP contribution in [0.1, 0.15) is 44.1 Å². The predicted molar refractivity (Wildman–Crippen MR) is 92.1 cm³/mol. The minimum absolute atomic E-state index is 0.0904. The lowest BCUT2D eigenvalue weighted by Gasteiger charge is -2.21. The first-order valence-corrected chi connectivity index (χ1v) is 8.68. The molecule has 1 unspecified atom stereocenters. The Hall–Kier alpha value is -2.28. The summed E-state index contributed by atoms with van der Waals surface area (Å²) in [6.45, 7) is 0.607. The van der Waals surface area contributed by atoms with Crippen molar-refractivity contribution in [1.29, 1.82) is 0 Å². The van der Waals surface area contributed by atoms with E-state index in [9.17, 15) is 24.8 Å². The molecule has 1 aromatic carbocycles. The Balaban J connectivity index is 1.72. The number of nitro benzene ring substituents is 1. The third kappa shape index (κ3) is 5.35. The molecule has 1 N–H and O–H groups in total. The van der Waals surface area contributed by atoms with E-state index in [4.69, 9.17) is 0 Å². The molecule has 1 heterocycles. The number of likely N-dealkylation sites (tertiary alicyclic amines) is 1. The summed E-state index contributed by atoms with van der Waals surface area (Å²) in [6.07, 6.45) is 3.92. The highest BCUT2D eigenvalue weighted by atomic mass is 16.6. The molecule has 1 aliphatic heterocycles. The van der Waals surface area contributed by atoms with E-state index >= 15 is 0 Å². The van der Waals surface area contributed by atoms with Gasteiger partial charge in [-0.2, -0.15) is 0 Å². The summed E-state index contributed by atoms with van der Waals surface area (Å²) in [6, 6.07) is 6.28. The zero-order chi connectivity index (χ0) is 18.2. The van der Waals surface area contributed by atoms with Crippen LogP contribution in [0.15, 0.2) is 24.3 Å². The van der Waals surface area contributed by atoms with E-state index in [0.29, 0.717) is 44.2 Å². The number of aryl methyl sites for hydroxylation is 1. The Morgan fingerprint density at radius 3 is 2.88 bits per heavy atom. The molecular weight excluding hydrogens is 324 g/mol. The molecule has 1 amide bonds. The van der Waals surface area contributed by atoms with Gasteiger partial charge in [-0.1, -0.05) is 18.2 Å². The van der Waals surface area contributed by atoms with Crippen molar-refractivity contribution in [3.05, 3.63) is 39.9 Å². The second-order valence-electron chi connectivity index (χ2n) is 6.40. The highest BCUT2D eigenvalue weighted by Gasteiger charge is 2.28. The Kier molecular flexibility index (Phi) is 7.06. The summed E-state index contributed by atoms with van der Waals surface area (Å²) < 4.78 is 0. The van der Waals surface area contributed by atoms with Crippen LogP contribution in [0, 0.1) is 10.1 Å². The SMILES string of the molecule is O=C[C@@H]1CCCN1C(=O)CCC(O)CCCc1ccccc1[N+](=O)[O-]. The van der Waals surface area contributed by atoms with Crippen LogP contribution in [0.4, 0.5) is 5.69 Å². The number of aliphatic hydroxyl groups is 1. The first-order chi connectivity index (χ1) is 12.0. The average molecular weight is 348 g/mol. The van der Waals surface area contributed by atoms with Crippen LogP contribution in [0.2, 0.25) is 0 Å². The van der Waals surface area contributed by atoms with Gasteiger partial charge < -0.3 is 14.8 Å². The zero-order valence-electron chi connectivity index (χ0n) is 14.2. The van der Waals surface area contributed by atoms with Crippen LogP contribution in [0.25, 0.3) is 0 Å². The number of hydrogen-bond donors (Lipinski definition) is 1. The lowest BCUT2D eigenvalue weighted by atomic mass is 10.0. The summed E-state index contributed by atoms with van der Waals surface area (Å²) in [5.74, 6) is -0.0904. The maximum atomic E-state index is 12.1. The molecule has 0 radical (unpaired) electrons. The topological polar surface area (TPSA) is 101 Å². The normalized spacial score (nSPS) is 18.1. The van der Waals surface area contributed by atoms with Crippen LogP contribution in [0.5, 0.6) is 0 Å². The Morgan fingerprint density at radius 2 is 2.16 bits per heavy atom. The van der Waals surface area contributed by atoms with Gasteiger partial charge in [0, 0.05) is 24.6 Å². The summed E-state index contributed by atoms with van der Waals surface area (Å²) in [4.78, 5) is 35.2. The summed E-state index contributed by atoms with van der Waals surface area (Å²) in [5.41, 5.74) is 0.753. The molecular formula is C18H24N2O5. The molecule has 136 valence electrons. The summed E-state index contributed by atoms with van der Waals surface area (Å²) >= 11 is 0. The van der Waals surface area contributed by atoms with Gasteiger partial charge in [-0.3, -0.25) is 14.9 Å². The van der Waals surface area contributed by atoms with Gasteiger partial charge in [-0.05, 0) is 38.5 Å². The standard InChI is InChI=1S/C18H24N2O5/c21-13-15-7-4-12-19(15)18(23)11-10-16(22)8-3-6-14-5-1-2-9-17(14)20(24)25/h1-2,5,9,13,15-16,22H,3-4,6-8,10-12H2/t15-,16?/m0/s1. The van der Waals surface area contributed by atoms with Crippen molar-refractivity contribution in [2.45, 2.75) is 57.1 Å². The molecule has 1 fully saturated rings. The number of aliphatic hydroxyl groups excluding tert-OH is 1. The van der Waals surface area contributed by atoms with Crippen molar-refractivity contribution < 1.29 is 19.6 Å². The maximum Gasteiger partial charge on any atom is 0.272 e. The van der Waals surface area contributed by atoms with Crippen LogP contribution in [0.3, 0.4) is 0 Å². The number of rotatable bonds is 9. The number of nitrogens with zero attached hydrogens (tertiary/aromatic N) is 2. The maximum absolute atomic E-state index is 12.1. The third-order valence-electron chi connectivity index (χ3n) is 4.64. The second-order valence-corrected chi connectivity index (χ2v) is 6.40. The molecule has 2 atom stereocenters. The molecule has 1 aromatic rings. The largest absolute Gasteiger partial charge is 0.393 e. The lowest BCUT2D eigenvalue weighted by Crippen LogP contribution is -2.36. The summed E-state index contributed by atoms with van der Waals surface area (Å²) in [5, 5.41) is 21.0. The van der Waals surface area contributed by atoms with Gasteiger partial charge in [0.05, 0.1) is 17.1 Å². The Labute approximate surface area is 146 Å². The predicted octanol–water partition coefficient (Wildman–Crippen LogP) is 2.25. The molecule has 1 saturated heterocycles. The van der Waals surface area contributed by atoms with E-state index in [1.807, 2.05) is 0 Å². The Morgan fingerprint density at radius 1 is 1.40 bits per heavy atom. The number of para-hydroxylation sites is 1. The van der Waals surface area contributed by atoms with Crippen molar-refractivity contribution in [1.82, 2.24) is 4.90 Å². The van der Waals surface area contributed by atoms with E-state index in [-0.39, 0.29) is 24.1 Å². The minimum Gasteiger partial charge on any atom is -0.393 e.